The second kappa shape index (κ2) is 6.66. The topological polar surface area (TPSA) is 60.5 Å². The molecular weight excluding hydrogens is 388 g/mol. The molecule has 152 valence electrons. The number of rotatable bonds is 3. The minimum atomic E-state index is 0.0956. The number of pyridine rings is 1. The Hall–Kier alpha value is -1.69. The third-order valence-electron chi connectivity index (χ3n) is 7.68. The van der Waals surface area contributed by atoms with Gasteiger partial charge in [-0.3, -0.25) is 4.79 Å². The van der Waals surface area contributed by atoms with Gasteiger partial charge in [0.25, 0.3) is 0 Å². The normalized spacial score (nSPS) is 32.0. The fourth-order valence-electron chi connectivity index (χ4n) is 5.74. The summed E-state index contributed by atoms with van der Waals surface area (Å²) in [5.41, 5.74) is 1.39. The molecule has 5 nitrogen and oxygen atoms in total. The summed E-state index contributed by atoms with van der Waals surface area (Å²) in [6.07, 6.45) is 5.88. The summed E-state index contributed by atoms with van der Waals surface area (Å²) < 4.78 is 11.1. The molecule has 1 unspecified atom stereocenters. The Labute approximate surface area is 175 Å². The van der Waals surface area contributed by atoms with Gasteiger partial charge in [-0.2, -0.15) is 0 Å². The molecule has 1 aromatic carbocycles. The molecule has 4 fully saturated rings. The number of carbonyl (C=O) groups is 1. The van der Waals surface area contributed by atoms with Gasteiger partial charge in [-0.15, -0.1) is 0 Å². The van der Waals surface area contributed by atoms with Crippen molar-refractivity contribution in [2.24, 2.45) is 23.2 Å². The molecule has 1 N–H and O–H groups in total. The largest absolute Gasteiger partial charge is 0.381 e. The first kappa shape index (κ1) is 18.1. The molecule has 4 atom stereocenters. The highest BCUT2D eigenvalue weighted by Gasteiger charge is 2.58. The van der Waals surface area contributed by atoms with Crippen LogP contribution in [0.1, 0.15) is 37.2 Å². The number of aromatic nitrogens is 1. The van der Waals surface area contributed by atoms with Crippen molar-refractivity contribution in [3.05, 3.63) is 35.0 Å². The zero-order valence-corrected chi connectivity index (χ0v) is 17.1. The number of amides is 1. The average Bonchev–Trinajstić information content (AvgIpc) is 3.63. The maximum atomic E-state index is 12.8. The number of nitrogens with one attached hydrogen (secondary N) is 1. The van der Waals surface area contributed by atoms with E-state index in [2.05, 4.69) is 16.4 Å². The first-order valence-corrected chi connectivity index (χ1v) is 11.1. The van der Waals surface area contributed by atoms with Gasteiger partial charge in [0.05, 0.1) is 6.61 Å². The van der Waals surface area contributed by atoms with Crippen LogP contribution in [0.3, 0.4) is 0 Å². The van der Waals surface area contributed by atoms with Crippen molar-refractivity contribution in [1.29, 1.82) is 0 Å². The Morgan fingerprint density at radius 3 is 2.76 bits per heavy atom. The fourth-order valence-corrected chi connectivity index (χ4v) is 6.03. The Balaban J connectivity index is 1.23. The minimum absolute atomic E-state index is 0.0956. The van der Waals surface area contributed by atoms with E-state index in [-0.39, 0.29) is 17.2 Å². The van der Waals surface area contributed by atoms with Crippen molar-refractivity contribution >= 4 is 34.1 Å². The lowest BCUT2D eigenvalue weighted by Crippen LogP contribution is -2.24. The summed E-state index contributed by atoms with van der Waals surface area (Å²) in [6, 6.07) is 6.18. The maximum absolute atomic E-state index is 12.8. The Morgan fingerprint density at radius 2 is 1.97 bits per heavy atom. The van der Waals surface area contributed by atoms with Crippen molar-refractivity contribution in [1.82, 2.24) is 4.98 Å². The molecule has 6 rings (SSSR count). The van der Waals surface area contributed by atoms with E-state index in [4.69, 9.17) is 21.1 Å². The molecule has 0 bridgehead atoms. The third-order valence-corrected chi connectivity index (χ3v) is 8.01. The van der Waals surface area contributed by atoms with E-state index in [1.165, 1.54) is 5.56 Å². The Kier molecular flexibility index (Phi) is 4.16. The number of hydrogen-bond donors (Lipinski definition) is 1. The molecule has 1 amide bonds. The van der Waals surface area contributed by atoms with Crippen LogP contribution in [0.4, 0.5) is 5.82 Å². The summed E-state index contributed by atoms with van der Waals surface area (Å²) in [4.78, 5) is 17.2. The van der Waals surface area contributed by atoms with E-state index in [0.29, 0.717) is 23.6 Å². The van der Waals surface area contributed by atoms with E-state index in [1.807, 2.05) is 12.1 Å². The van der Waals surface area contributed by atoms with Crippen LogP contribution < -0.4 is 5.32 Å². The molecular formula is C23H25ClN2O3. The number of ether oxygens (including phenoxy) is 2. The van der Waals surface area contributed by atoms with E-state index in [9.17, 15) is 4.79 Å². The minimum Gasteiger partial charge on any atom is -0.381 e. The second-order valence-electron chi connectivity index (χ2n) is 9.23. The van der Waals surface area contributed by atoms with Gasteiger partial charge in [-0.1, -0.05) is 11.6 Å². The molecule has 3 heterocycles. The number of hydrogen-bond acceptors (Lipinski definition) is 4. The summed E-state index contributed by atoms with van der Waals surface area (Å²) in [6.45, 7) is 3.25. The van der Waals surface area contributed by atoms with Crippen molar-refractivity contribution < 1.29 is 14.3 Å². The van der Waals surface area contributed by atoms with Gasteiger partial charge < -0.3 is 14.8 Å². The molecule has 2 aromatic rings. The average molecular weight is 413 g/mol. The van der Waals surface area contributed by atoms with Crippen molar-refractivity contribution in [2.45, 2.75) is 31.6 Å². The molecule has 2 aliphatic heterocycles. The highest BCUT2D eigenvalue weighted by molar-refractivity contribution is 6.32. The first-order chi connectivity index (χ1) is 14.1. The predicted molar refractivity (Wildman–Crippen MR) is 111 cm³/mol. The molecule has 1 aromatic heterocycles. The summed E-state index contributed by atoms with van der Waals surface area (Å²) in [7, 11) is 0. The van der Waals surface area contributed by atoms with E-state index in [0.717, 1.165) is 67.9 Å². The highest BCUT2D eigenvalue weighted by Crippen LogP contribution is 2.60. The molecule has 4 aliphatic rings. The van der Waals surface area contributed by atoms with E-state index in [1.54, 1.807) is 6.20 Å². The lowest BCUT2D eigenvalue weighted by atomic mass is 9.93. The van der Waals surface area contributed by atoms with E-state index < -0.39 is 0 Å². The van der Waals surface area contributed by atoms with Gasteiger partial charge in [-0.05, 0) is 78.0 Å². The lowest BCUT2D eigenvalue weighted by Gasteiger charge is -2.22. The van der Waals surface area contributed by atoms with Gasteiger partial charge in [0.15, 0.2) is 0 Å². The fraction of sp³-hybridized carbons (Fsp3) is 0.565. The molecule has 1 spiro atoms. The smallest absolute Gasteiger partial charge is 0.229 e. The zero-order valence-electron chi connectivity index (χ0n) is 16.3. The third kappa shape index (κ3) is 3.06. The van der Waals surface area contributed by atoms with Gasteiger partial charge in [0.2, 0.25) is 5.91 Å². The molecule has 6 heteroatoms. The first-order valence-electron chi connectivity index (χ1n) is 10.7. The van der Waals surface area contributed by atoms with Crippen LogP contribution in [0.2, 0.25) is 5.02 Å². The quantitative estimate of drug-likeness (QED) is 0.812. The summed E-state index contributed by atoms with van der Waals surface area (Å²) >= 11 is 6.61. The monoisotopic (exact) mass is 412 g/mol. The van der Waals surface area contributed by atoms with Crippen molar-refractivity contribution in [3.63, 3.8) is 0 Å². The highest BCUT2D eigenvalue weighted by atomic mass is 35.5. The van der Waals surface area contributed by atoms with Gasteiger partial charge >= 0.3 is 0 Å². The van der Waals surface area contributed by atoms with E-state index >= 15 is 0 Å². The van der Waals surface area contributed by atoms with Gasteiger partial charge in [0.1, 0.15) is 5.82 Å². The second-order valence-corrected chi connectivity index (χ2v) is 9.64. The summed E-state index contributed by atoms with van der Waals surface area (Å²) in [5, 5.41) is 5.95. The van der Waals surface area contributed by atoms with Crippen LogP contribution in [0.25, 0.3) is 10.8 Å². The van der Waals surface area contributed by atoms with Gasteiger partial charge in [-0.25, -0.2) is 4.98 Å². The molecule has 2 saturated heterocycles. The van der Waals surface area contributed by atoms with Crippen molar-refractivity contribution in [3.8, 4) is 0 Å². The van der Waals surface area contributed by atoms with Crippen LogP contribution in [-0.4, -0.2) is 37.3 Å². The number of fused-ring (bicyclic) bond motifs is 2. The number of nitrogens with zero attached hydrogens (tertiary/aromatic N) is 1. The van der Waals surface area contributed by atoms with Crippen LogP contribution in [0.5, 0.6) is 0 Å². The number of benzene rings is 1. The Bertz CT molecular complexity index is 975. The van der Waals surface area contributed by atoms with Crippen LogP contribution >= 0.6 is 11.6 Å². The lowest BCUT2D eigenvalue weighted by molar-refractivity contribution is -0.118. The summed E-state index contributed by atoms with van der Waals surface area (Å²) in [5.74, 6) is 2.62. The van der Waals surface area contributed by atoms with Crippen LogP contribution in [-0.2, 0) is 14.3 Å². The van der Waals surface area contributed by atoms with Crippen molar-refractivity contribution in [2.75, 3.05) is 31.7 Å². The standard InChI is InChI=1S/C23H25ClN2O3/c24-19-8-14-11-25-20(26-22(27)18-10-23(18)2-5-28-6-3-23)9-13(14)7-16(19)21-15-1-4-29-12-17(15)21/h7-9,11,15,17-18,21H,1-6,10,12H2,(H,25,26,27)/t15-,17-,18-,21?/m0/s1. The Morgan fingerprint density at radius 1 is 1.10 bits per heavy atom. The predicted octanol–water partition coefficient (Wildman–Crippen LogP) is 4.39. The molecule has 2 aliphatic carbocycles. The van der Waals surface area contributed by atoms with Crippen LogP contribution in [0, 0.1) is 23.2 Å². The SMILES string of the molecule is O=C(Nc1cc2cc(C3[C@H]4CCOC[C@H]34)c(Cl)cc2cn1)[C@@H]1CC12CCOCC2. The number of anilines is 1. The molecule has 29 heavy (non-hydrogen) atoms. The maximum Gasteiger partial charge on any atom is 0.229 e. The number of halogens is 1. The zero-order chi connectivity index (χ0) is 19.6. The van der Waals surface area contributed by atoms with Gasteiger partial charge in [0, 0.05) is 42.3 Å². The number of carbonyl (C=O) groups excluding carboxylic acids is 1. The van der Waals surface area contributed by atoms with Crippen LogP contribution in [0.15, 0.2) is 24.4 Å². The molecule has 2 saturated carbocycles. The molecule has 0 radical (unpaired) electrons.